The predicted molar refractivity (Wildman–Crippen MR) is 68.7 cm³/mol. The van der Waals surface area contributed by atoms with Crippen LogP contribution >= 0.6 is 0 Å². The zero-order chi connectivity index (χ0) is 14.0. The molecule has 0 aliphatic rings. The Morgan fingerprint density at radius 2 is 1.89 bits per heavy atom. The van der Waals surface area contributed by atoms with Gasteiger partial charge < -0.3 is 15.6 Å². The maximum atomic E-state index is 14.1. The van der Waals surface area contributed by atoms with Crippen LogP contribution in [0.5, 0.6) is 5.75 Å². The zero-order valence-corrected chi connectivity index (χ0v) is 10.3. The Morgan fingerprint density at radius 3 is 2.53 bits per heavy atom. The van der Waals surface area contributed by atoms with Crippen LogP contribution < -0.4 is 10.5 Å². The van der Waals surface area contributed by atoms with Gasteiger partial charge in [-0.25, -0.2) is 8.78 Å². The molecule has 0 fully saturated rings. The monoisotopic (exact) mass is 265 g/mol. The first-order valence-electron chi connectivity index (χ1n) is 5.60. The highest BCUT2D eigenvalue weighted by molar-refractivity contribution is 5.81. The summed E-state index contributed by atoms with van der Waals surface area (Å²) in [6.07, 6.45) is 0. The lowest BCUT2D eigenvalue weighted by molar-refractivity contribution is 0.269. The minimum absolute atomic E-state index is 0.127. The molecule has 19 heavy (non-hydrogen) atoms. The summed E-state index contributed by atoms with van der Waals surface area (Å²) in [7, 11) is 1.45. The highest BCUT2D eigenvalue weighted by Crippen LogP contribution is 2.35. The number of ether oxygens (including phenoxy) is 1. The van der Waals surface area contributed by atoms with Gasteiger partial charge in [-0.15, -0.1) is 0 Å². The third kappa shape index (κ3) is 2.24. The second-order valence-electron chi connectivity index (χ2n) is 3.97. The van der Waals surface area contributed by atoms with Gasteiger partial charge in [0, 0.05) is 16.7 Å². The van der Waals surface area contributed by atoms with Crippen molar-refractivity contribution in [3.05, 3.63) is 47.5 Å². The fourth-order valence-electron chi connectivity index (χ4n) is 1.91. The maximum Gasteiger partial charge on any atom is 0.142 e. The minimum Gasteiger partial charge on any atom is -0.495 e. The van der Waals surface area contributed by atoms with Crippen LogP contribution in [-0.2, 0) is 6.61 Å². The summed E-state index contributed by atoms with van der Waals surface area (Å²) in [5.41, 5.74) is 6.29. The van der Waals surface area contributed by atoms with Crippen molar-refractivity contribution in [3.63, 3.8) is 0 Å². The Kier molecular flexibility index (Phi) is 3.66. The zero-order valence-electron chi connectivity index (χ0n) is 10.3. The van der Waals surface area contributed by atoms with Crippen LogP contribution in [0.2, 0.25) is 0 Å². The largest absolute Gasteiger partial charge is 0.495 e. The van der Waals surface area contributed by atoms with Gasteiger partial charge in [-0.2, -0.15) is 0 Å². The number of nitrogen functional groups attached to an aromatic ring is 1. The van der Waals surface area contributed by atoms with Crippen LogP contribution in [0.1, 0.15) is 5.56 Å². The van der Waals surface area contributed by atoms with Gasteiger partial charge >= 0.3 is 0 Å². The van der Waals surface area contributed by atoms with E-state index < -0.39 is 18.2 Å². The Balaban J connectivity index is 2.66. The summed E-state index contributed by atoms with van der Waals surface area (Å²) in [5.74, 6) is -1.19. The summed E-state index contributed by atoms with van der Waals surface area (Å²) >= 11 is 0. The van der Waals surface area contributed by atoms with E-state index in [0.717, 1.165) is 6.07 Å². The van der Waals surface area contributed by atoms with Crippen molar-refractivity contribution in [1.82, 2.24) is 0 Å². The minimum atomic E-state index is -0.817. The summed E-state index contributed by atoms with van der Waals surface area (Å²) in [6.45, 7) is -0.713. The third-order valence-corrected chi connectivity index (χ3v) is 2.92. The molecule has 0 unspecified atom stereocenters. The summed E-state index contributed by atoms with van der Waals surface area (Å²) < 4.78 is 32.5. The quantitative estimate of drug-likeness (QED) is 0.839. The van der Waals surface area contributed by atoms with E-state index in [0.29, 0.717) is 11.3 Å². The highest BCUT2D eigenvalue weighted by Gasteiger charge is 2.17. The molecule has 5 heteroatoms. The molecule has 2 aromatic carbocycles. The summed E-state index contributed by atoms with van der Waals surface area (Å²) in [6, 6.07) is 7.30. The SMILES string of the molecule is COc1cccc(-c2ccc(F)c(CO)c2F)c1N. The second-order valence-corrected chi connectivity index (χ2v) is 3.97. The number of para-hydroxylation sites is 1. The predicted octanol–water partition coefficient (Wildman–Crippen LogP) is 2.71. The summed E-state index contributed by atoms with van der Waals surface area (Å²) in [5, 5.41) is 9.00. The molecule has 0 aliphatic heterocycles. The Labute approximate surface area is 109 Å². The van der Waals surface area contributed by atoms with Gasteiger partial charge in [-0.1, -0.05) is 12.1 Å². The van der Waals surface area contributed by atoms with Gasteiger partial charge in [0.25, 0.3) is 0 Å². The fourth-order valence-corrected chi connectivity index (χ4v) is 1.91. The molecule has 0 aliphatic carbocycles. The van der Waals surface area contributed by atoms with E-state index in [1.54, 1.807) is 18.2 Å². The average Bonchev–Trinajstić information content (AvgIpc) is 2.40. The molecular weight excluding hydrogens is 252 g/mol. The number of halogens is 2. The van der Waals surface area contributed by atoms with Crippen molar-refractivity contribution in [2.24, 2.45) is 0 Å². The number of aliphatic hydroxyl groups is 1. The second kappa shape index (κ2) is 5.24. The third-order valence-electron chi connectivity index (χ3n) is 2.92. The Morgan fingerprint density at radius 1 is 1.16 bits per heavy atom. The van der Waals surface area contributed by atoms with Crippen LogP contribution in [0.3, 0.4) is 0 Å². The lowest BCUT2D eigenvalue weighted by Gasteiger charge is -2.12. The molecule has 0 atom stereocenters. The molecule has 2 aromatic rings. The molecule has 0 saturated heterocycles. The lowest BCUT2D eigenvalue weighted by atomic mass is 10.00. The standard InChI is InChI=1S/C14H13F2NO2/c1-19-12-4-2-3-9(14(12)17)8-5-6-11(15)10(7-18)13(8)16/h2-6,18H,7,17H2,1H3. The van der Waals surface area contributed by atoms with E-state index in [4.69, 9.17) is 15.6 Å². The van der Waals surface area contributed by atoms with E-state index in [2.05, 4.69) is 0 Å². The van der Waals surface area contributed by atoms with Crippen molar-refractivity contribution < 1.29 is 18.6 Å². The van der Waals surface area contributed by atoms with Crippen molar-refractivity contribution in [1.29, 1.82) is 0 Å². The van der Waals surface area contributed by atoms with E-state index >= 15 is 0 Å². The number of hydrogen-bond donors (Lipinski definition) is 2. The Hall–Kier alpha value is -2.14. The normalized spacial score (nSPS) is 10.5. The van der Waals surface area contributed by atoms with Crippen LogP contribution in [0.25, 0.3) is 11.1 Å². The molecule has 3 N–H and O–H groups in total. The smallest absolute Gasteiger partial charge is 0.142 e. The van der Waals surface area contributed by atoms with Crippen LogP contribution in [-0.4, -0.2) is 12.2 Å². The van der Waals surface area contributed by atoms with Crippen molar-refractivity contribution in [2.75, 3.05) is 12.8 Å². The number of nitrogens with two attached hydrogens (primary N) is 1. The average molecular weight is 265 g/mol. The number of aliphatic hydroxyl groups excluding tert-OH is 1. The molecule has 0 heterocycles. The van der Waals surface area contributed by atoms with Gasteiger partial charge in [-0.3, -0.25) is 0 Å². The number of anilines is 1. The van der Waals surface area contributed by atoms with Gasteiger partial charge in [-0.05, 0) is 18.2 Å². The first-order chi connectivity index (χ1) is 9.10. The lowest BCUT2D eigenvalue weighted by Crippen LogP contribution is -2.01. The van der Waals surface area contributed by atoms with Crippen LogP contribution in [0, 0.1) is 11.6 Å². The maximum absolute atomic E-state index is 14.1. The molecule has 3 nitrogen and oxygen atoms in total. The van der Waals surface area contributed by atoms with E-state index in [1.165, 1.54) is 13.2 Å². The van der Waals surface area contributed by atoms with Gasteiger partial charge in [0.2, 0.25) is 0 Å². The molecule has 0 spiro atoms. The number of methoxy groups -OCH3 is 1. The van der Waals surface area contributed by atoms with Crippen LogP contribution in [0.15, 0.2) is 30.3 Å². The molecule has 2 rings (SSSR count). The van der Waals surface area contributed by atoms with E-state index in [-0.39, 0.29) is 16.8 Å². The molecule has 0 saturated carbocycles. The van der Waals surface area contributed by atoms with Crippen molar-refractivity contribution >= 4 is 5.69 Å². The molecule has 0 bridgehead atoms. The van der Waals surface area contributed by atoms with Gasteiger partial charge in [0.15, 0.2) is 0 Å². The first-order valence-corrected chi connectivity index (χ1v) is 5.60. The molecule has 0 aromatic heterocycles. The molecule has 0 radical (unpaired) electrons. The number of benzene rings is 2. The molecule has 0 amide bonds. The number of hydrogen-bond acceptors (Lipinski definition) is 3. The highest BCUT2D eigenvalue weighted by atomic mass is 19.1. The number of rotatable bonds is 3. The molecular formula is C14H13F2NO2. The topological polar surface area (TPSA) is 55.5 Å². The first kappa shape index (κ1) is 13.3. The van der Waals surface area contributed by atoms with Crippen molar-refractivity contribution in [3.8, 4) is 16.9 Å². The van der Waals surface area contributed by atoms with Crippen LogP contribution in [0.4, 0.5) is 14.5 Å². The molecule has 100 valence electrons. The summed E-state index contributed by atoms with van der Waals surface area (Å²) in [4.78, 5) is 0. The Bertz CT molecular complexity index is 615. The van der Waals surface area contributed by atoms with Crippen molar-refractivity contribution in [2.45, 2.75) is 6.61 Å². The fraction of sp³-hybridized carbons (Fsp3) is 0.143. The van der Waals surface area contributed by atoms with Gasteiger partial charge in [0.05, 0.1) is 19.4 Å². The van der Waals surface area contributed by atoms with Gasteiger partial charge in [0.1, 0.15) is 17.4 Å². The van der Waals surface area contributed by atoms with E-state index in [1.807, 2.05) is 0 Å². The van der Waals surface area contributed by atoms with E-state index in [9.17, 15) is 8.78 Å².